The van der Waals surface area contributed by atoms with Gasteiger partial charge in [-0.25, -0.2) is 0 Å². The van der Waals surface area contributed by atoms with Gasteiger partial charge in [0.1, 0.15) is 24.4 Å². The largest absolute Gasteiger partial charge is 0.394 e. The van der Waals surface area contributed by atoms with Crippen molar-refractivity contribution in [3.8, 4) is 0 Å². The maximum absolute atomic E-state index is 9.59. The summed E-state index contributed by atoms with van der Waals surface area (Å²) in [7, 11) is 0. The quantitative estimate of drug-likeness (QED) is 0.187. The minimum atomic E-state index is -1.46. The highest BCUT2D eigenvalue weighted by atomic mass is 16.7. The molecule has 1 aliphatic rings. The fourth-order valence-corrected chi connectivity index (χ4v) is 1.59. The van der Waals surface area contributed by atoms with Gasteiger partial charge in [-0.1, -0.05) is 0 Å². The molecule has 0 spiro atoms. The molecule has 1 rings (SSSR count). The summed E-state index contributed by atoms with van der Waals surface area (Å²) in [6.45, 7) is -0.256. The summed E-state index contributed by atoms with van der Waals surface area (Å²) in [5.41, 5.74) is 5.02. The maximum Gasteiger partial charge on any atom is 0.186 e. The van der Waals surface area contributed by atoms with E-state index in [2.05, 4.69) is 5.32 Å². The Balaban J connectivity index is 2.39. The van der Waals surface area contributed by atoms with Gasteiger partial charge in [0.2, 0.25) is 0 Å². The van der Waals surface area contributed by atoms with Crippen LogP contribution in [0.5, 0.6) is 0 Å². The average Bonchev–Trinajstić information content (AvgIpc) is 2.34. The van der Waals surface area contributed by atoms with Crippen LogP contribution in [0, 0.1) is 0 Å². The highest BCUT2D eigenvalue weighted by molar-refractivity contribution is 4.88. The fourth-order valence-electron chi connectivity index (χ4n) is 1.59. The summed E-state index contributed by atoms with van der Waals surface area (Å²) in [6.07, 6.45) is -7.64. The molecule has 6 unspecified atom stereocenters. The topological polar surface area (TPSA) is 158 Å². The van der Waals surface area contributed by atoms with E-state index in [0.29, 0.717) is 0 Å². The van der Waals surface area contributed by atoms with Crippen molar-refractivity contribution in [1.29, 1.82) is 0 Å². The van der Waals surface area contributed by atoms with Crippen molar-refractivity contribution < 1.29 is 35.0 Å². The van der Waals surface area contributed by atoms with Crippen LogP contribution < -0.4 is 11.1 Å². The number of aliphatic hydroxyl groups excluding tert-OH is 5. The monoisotopic (exact) mass is 268 g/mol. The number of ether oxygens (including phenoxy) is 2. The lowest BCUT2D eigenvalue weighted by Crippen LogP contribution is -2.59. The first-order chi connectivity index (χ1) is 8.47. The first-order valence-electron chi connectivity index (χ1n) is 5.56. The molecule has 1 heterocycles. The van der Waals surface area contributed by atoms with Gasteiger partial charge in [0.15, 0.2) is 12.6 Å². The zero-order valence-corrected chi connectivity index (χ0v) is 9.72. The normalized spacial score (nSPS) is 38.7. The molecular weight excluding hydrogens is 248 g/mol. The van der Waals surface area contributed by atoms with Gasteiger partial charge in [-0.05, 0) is 0 Å². The molecule has 0 radical (unpaired) electrons. The van der Waals surface area contributed by atoms with Crippen LogP contribution in [0.3, 0.4) is 0 Å². The minimum Gasteiger partial charge on any atom is -0.394 e. The summed E-state index contributed by atoms with van der Waals surface area (Å²) in [5, 5.41) is 48.7. The van der Waals surface area contributed by atoms with Crippen molar-refractivity contribution in [2.24, 2.45) is 5.73 Å². The van der Waals surface area contributed by atoms with Gasteiger partial charge in [0.05, 0.1) is 13.2 Å². The van der Waals surface area contributed by atoms with E-state index in [0.717, 1.165) is 0 Å². The van der Waals surface area contributed by atoms with Gasteiger partial charge < -0.3 is 35.0 Å². The van der Waals surface area contributed by atoms with Crippen molar-refractivity contribution in [3.05, 3.63) is 0 Å². The maximum atomic E-state index is 9.59. The SMILES string of the molecule is NC(O)NCCOC1OC(CO)C(O)C(O)C1O. The van der Waals surface area contributed by atoms with E-state index >= 15 is 0 Å². The molecule has 0 aromatic heterocycles. The van der Waals surface area contributed by atoms with Gasteiger partial charge in [-0.3, -0.25) is 11.1 Å². The second-order valence-corrected chi connectivity index (χ2v) is 3.97. The van der Waals surface area contributed by atoms with E-state index in [4.69, 9.17) is 25.4 Å². The predicted molar refractivity (Wildman–Crippen MR) is 57.9 cm³/mol. The molecule has 1 saturated heterocycles. The third-order valence-corrected chi connectivity index (χ3v) is 2.59. The molecule has 1 fully saturated rings. The van der Waals surface area contributed by atoms with Gasteiger partial charge in [-0.15, -0.1) is 0 Å². The molecule has 0 amide bonds. The number of aliphatic hydroxyl groups is 5. The molecule has 18 heavy (non-hydrogen) atoms. The summed E-state index contributed by atoms with van der Waals surface area (Å²) < 4.78 is 10.2. The van der Waals surface area contributed by atoms with Crippen LogP contribution in [0.25, 0.3) is 0 Å². The highest BCUT2D eigenvalue weighted by Gasteiger charge is 2.43. The van der Waals surface area contributed by atoms with Crippen LogP contribution in [-0.4, -0.2) is 82.3 Å². The summed E-state index contributed by atoms with van der Waals surface area (Å²) in [4.78, 5) is 0. The van der Waals surface area contributed by atoms with E-state index in [1.54, 1.807) is 0 Å². The van der Waals surface area contributed by atoms with Gasteiger partial charge in [-0.2, -0.15) is 0 Å². The Morgan fingerprint density at radius 2 is 1.89 bits per heavy atom. The van der Waals surface area contributed by atoms with E-state index in [1.165, 1.54) is 0 Å². The molecule has 0 saturated carbocycles. The zero-order valence-electron chi connectivity index (χ0n) is 9.72. The fraction of sp³-hybridized carbons (Fsp3) is 1.00. The minimum absolute atomic E-state index is 0.0525. The second kappa shape index (κ2) is 7.28. The van der Waals surface area contributed by atoms with Crippen molar-refractivity contribution in [2.75, 3.05) is 19.8 Å². The van der Waals surface area contributed by atoms with Gasteiger partial charge in [0, 0.05) is 6.54 Å². The van der Waals surface area contributed by atoms with Gasteiger partial charge >= 0.3 is 0 Å². The molecule has 9 heteroatoms. The molecule has 1 aliphatic heterocycles. The Bertz CT molecular complexity index is 241. The number of nitrogens with one attached hydrogen (secondary N) is 1. The standard InChI is InChI=1S/C9H20N2O7/c10-9(16)11-1-2-17-8-7(15)6(14)5(13)4(3-12)18-8/h4-9,11-16H,1-3,10H2. The van der Waals surface area contributed by atoms with Crippen molar-refractivity contribution >= 4 is 0 Å². The summed E-state index contributed by atoms with van der Waals surface area (Å²) >= 11 is 0. The highest BCUT2D eigenvalue weighted by Crippen LogP contribution is 2.21. The van der Waals surface area contributed by atoms with Crippen LogP contribution >= 0.6 is 0 Å². The number of hydrogen-bond donors (Lipinski definition) is 7. The van der Waals surface area contributed by atoms with Crippen LogP contribution in [0.4, 0.5) is 0 Å². The predicted octanol–water partition coefficient (Wildman–Crippen LogP) is -4.37. The van der Waals surface area contributed by atoms with Crippen LogP contribution in [-0.2, 0) is 9.47 Å². The third-order valence-electron chi connectivity index (χ3n) is 2.59. The van der Waals surface area contributed by atoms with Crippen molar-refractivity contribution in [2.45, 2.75) is 37.1 Å². The molecule has 0 aliphatic carbocycles. The number of rotatable bonds is 6. The molecule has 9 nitrogen and oxygen atoms in total. The molecule has 0 bridgehead atoms. The second-order valence-electron chi connectivity index (χ2n) is 3.97. The first-order valence-corrected chi connectivity index (χ1v) is 5.56. The Kier molecular flexibility index (Phi) is 6.35. The lowest BCUT2D eigenvalue weighted by Gasteiger charge is -2.39. The summed E-state index contributed by atoms with van der Waals surface area (Å²) in [5.74, 6) is 0. The van der Waals surface area contributed by atoms with E-state index in [1.807, 2.05) is 0 Å². The molecule has 108 valence electrons. The number of nitrogens with two attached hydrogens (primary N) is 1. The van der Waals surface area contributed by atoms with Crippen LogP contribution in [0.1, 0.15) is 0 Å². The van der Waals surface area contributed by atoms with Gasteiger partial charge in [0.25, 0.3) is 0 Å². The zero-order chi connectivity index (χ0) is 13.7. The Labute approximate surface area is 104 Å². The van der Waals surface area contributed by atoms with E-state index in [-0.39, 0.29) is 13.2 Å². The molecule has 0 aromatic carbocycles. The summed E-state index contributed by atoms with van der Waals surface area (Å²) in [6, 6.07) is 0. The Morgan fingerprint density at radius 1 is 1.22 bits per heavy atom. The molecule has 6 atom stereocenters. The smallest absolute Gasteiger partial charge is 0.186 e. The lowest BCUT2D eigenvalue weighted by atomic mass is 9.99. The molecule has 0 aromatic rings. The van der Waals surface area contributed by atoms with Crippen LogP contribution in [0.15, 0.2) is 0 Å². The molecular formula is C9H20N2O7. The number of hydrogen-bond acceptors (Lipinski definition) is 9. The van der Waals surface area contributed by atoms with Crippen LogP contribution in [0.2, 0.25) is 0 Å². The Hall–Kier alpha value is -0.360. The average molecular weight is 268 g/mol. The van der Waals surface area contributed by atoms with E-state index in [9.17, 15) is 15.3 Å². The molecule has 8 N–H and O–H groups in total. The lowest BCUT2D eigenvalue weighted by molar-refractivity contribution is -0.300. The van der Waals surface area contributed by atoms with Crippen molar-refractivity contribution in [1.82, 2.24) is 5.32 Å². The first kappa shape index (κ1) is 15.7. The van der Waals surface area contributed by atoms with E-state index < -0.39 is 43.7 Å². The Morgan fingerprint density at radius 3 is 2.44 bits per heavy atom. The third kappa shape index (κ3) is 4.09. The van der Waals surface area contributed by atoms with Crippen molar-refractivity contribution in [3.63, 3.8) is 0 Å².